The van der Waals surface area contributed by atoms with Gasteiger partial charge in [0.25, 0.3) is 11.8 Å². The number of phenols is 1. The second-order valence-electron chi connectivity index (χ2n) is 9.03. The fourth-order valence-electron chi connectivity index (χ4n) is 5.18. The number of halogens is 1. The highest BCUT2D eigenvalue weighted by Crippen LogP contribution is 2.43. The number of benzene rings is 3. The van der Waals surface area contributed by atoms with E-state index in [9.17, 15) is 14.7 Å². The Bertz CT molecular complexity index is 1550. The van der Waals surface area contributed by atoms with Gasteiger partial charge in [0.15, 0.2) is 11.5 Å². The minimum atomic E-state index is -0.466. The van der Waals surface area contributed by atoms with Crippen molar-refractivity contribution in [2.24, 2.45) is 7.05 Å². The van der Waals surface area contributed by atoms with Crippen molar-refractivity contribution in [3.63, 3.8) is 0 Å². The van der Waals surface area contributed by atoms with E-state index in [1.807, 2.05) is 35.9 Å². The van der Waals surface area contributed by atoms with Gasteiger partial charge in [-0.1, -0.05) is 29.8 Å². The highest BCUT2D eigenvalue weighted by molar-refractivity contribution is 6.36. The van der Waals surface area contributed by atoms with Gasteiger partial charge in [0.1, 0.15) is 6.61 Å². The van der Waals surface area contributed by atoms with Crippen LogP contribution in [0.25, 0.3) is 32.9 Å². The normalized spacial score (nSPS) is 16.1. The summed E-state index contributed by atoms with van der Waals surface area (Å²) in [5.41, 5.74) is 3.35. The highest BCUT2D eigenvalue weighted by Gasteiger charge is 2.35. The fraction of sp³-hybridized carbons (Fsp3) is 0.259. The number of carbonyl (C=O) groups is 2. The summed E-state index contributed by atoms with van der Waals surface area (Å²) in [6, 6.07) is 12.5. The van der Waals surface area contributed by atoms with Crippen molar-refractivity contribution in [3.8, 4) is 22.6 Å². The summed E-state index contributed by atoms with van der Waals surface area (Å²) in [4.78, 5) is 28.1. The molecule has 1 saturated heterocycles. The number of nitrogens with one attached hydrogen (secondary N) is 1. The van der Waals surface area contributed by atoms with Crippen molar-refractivity contribution in [1.29, 1.82) is 0 Å². The number of fused-ring (bicyclic) bond motifs is 5. The van der Waals surface area contributed by atoms with Gasteiger partial charge in [0.05, 0.1) is 35.4 Å². The van der Waals surface area contributed by atoms with Crippen LogP contribution in [0.15, 0.2) is 42.5 Å². The zero-order chi connectivity index (χ0) is 25.0. The van der Waals surface area contributed by atoms with E-state index in [0.29, 0.717) is 63.6 Å². The molecule has 6 rings (SSSR count). The fourth-order valence-corrected chi connectivity index (χ4v) is 5.42. The van der Waals surface area contributed by atoms with Gasteiger partial charge < -0.3 is 19.1 Å². The minimum absolute atomic E-state index is 0.0226. The number of rotatable bonds is 5. The lowest BCUT2D eigenvalue weighted by Gasteiger charge is -2.26. The average molecular weight is 506 g/mol. The monoisotopic (exact) mass is 505 g/mol. The lowest BCUT2D eigenvalue weighted by Crippen LogP contribution is -2.38. The molecule has 2 amide bonds. The van der Waals surface area contributed by atoms with Crippen molar-refractivity contribution in [2.45, 2.75) is 0 Å². The van der Waals surface area contributed by atoms with Crippen LogP contribution < -0.4 is 10.1 Å². The maximum absolute atomic E-state index is 13.0. The molecule has 1 fully saturated rings. The summed E-state index contributed by atoms with van der Waals surface area (Å²) >= 11 is 6.48. The van der Waals surface area contributed by atoms with Crippen LogP contribution in [0.5, 0.6) is 11.5 Å². The number of hydrogen-bond acceptors (Lipinski definition) is 6. The Morgan fingerprint density at radius 2 is 1.78 bits per heavy atom. The molecule has 9 heteroatoms. The van der Waals surface area contributed by atoms with Gasteiger partial charge in [0, 0.05) is 54.1 Å². The van der Waals surface area contributed by atoms with Crippen LogP contribution >= 0.6 is 11.6 Å². The predicted molar refractivity (Wildman–Crippen MR) is 137 cm³/mol. The summed E-state index contributed by atoms with van der Waals surface area (Å²) in [6.45, 7) is 4.29. The van der Waals surface area contributed by atoms with E-state index in [1.54, 1.807) is 18.2 Å². The van der Waals surface area contributed by atoms with Crippen LogP contribution in [0.4, 0.5) is 0 Å². The average Bonchev–Trinajstić information content (AvgIpc) is 3.32. The molecule has 0 spiro atoms. The summed E-state index contributed by atoms with van der Waals surface area (Å²) in [6.07, 6.45) is 0. The third-order valence-corrected chi connectivity index (χ3v) is 7.32. The number of aromatic nitrogens is 1. The number of ether oxygens (including phenoxy) is 2. The lowest BCUT2D eigenvalue weighted by atomic mass is 9.93. The number of nitrogens with zero attached hydrogens (tertiary/aromatic N) is 2. The van der Waals surface area contributed by atoms with E-state index in [0.717, 1.165) is 30.7 Å². The van der Waals surface area contributed by atoms with Crippen molar-refractivity contribution in [3.05, 3.63) is 58.6 Å². The zero-order valence-corrected chi connectivity index (χ0v) is 20.4. The summed E-state index contributed by atoms with van der Waals surface area (Å²) in [5.74, 6) is -0.585. The Balaban J connectivity index is 1.49. The molecule has 36 heavy (non-hydrogen) atoms. The topological polar surface area (TPSA) is 93.0 Å². The maximum Gasteiger partial charge on any atom is 0.259 e. The second-order valence-corrected chi connectivity index (χ2v) is 9.44. The number of amides is 2. The Labute approximate surface area is 212 Å². The van der Waals surface area contributed by atoms with Gasteiger partial charge in [0.2, 0.25) is 0 Å². The molecule has 0 saturated carbocycles. The number of morpholine rings is 1. The molecule has 0 bridgehead atoms. The Kier molecular flexibility index (Phi) is 5.59. The SMILES string of the molecule is Cn1c2cc(OCCN3CCOCC3)c(O)cc2c2c3c(c(-c4ccccc4Cl)cc21)C(=O)NC3=O. The Hall–Kier alpha value is -3.59. The van der Waals surface area contributed by atoms with Crippen LogP contribution in [0.2, 0.25) is 5.02 Å². The van der Waals surface area contributed by atoms with Gasteiger partial charge in [-0.15, -0.1) is 0 Å². The molecule has 3 heterocycles. The first-order valence-corrected chi connectivity index (χ1v) is 12.2. The van der Waals surface area contributed by atoms with Crippen LogP contribution in [-0.4, -0.2) is 65.8 Å². The van der Waals surface area contributed by atoms with E-state index in [2.05, 4.69) is 10.2 Å². The molecule has 0 radical (unpaired) electrons. The van der Waals surface area contributed by atoms with Crippen LogP contribution in [-0.2, 0) is 11.8 Å². The molecule has 0 aliphatic carbocycles. The molecule has 1 aromatic heterocycles. The van der Waals surface area contributed by atoms with Crippen molar-refractivity contribution >= 4 is 45.2 Å². The first kappa shape index (κ1) is 22.8. The molecule has 184 valence electrons. The quantitative estimate of drug-likeness (QED) is 0.399. The van der Waals surface area contributed by atoms with Crippen LogP contribution in [0.3, 0.4) is 0 Å². The third-order valence-electron chi connectivity index (χ3n) is 6.99. The number of carbonyl (C=O) groups excluding carboxylic acids is 2. The molecule has 2 aliphatic heterocycles. The summed E-state index contributed by atoms with van der Waals surface area (Å²) in [7, 11) is 1.89. The molecule has 4 aromatic rings. The first-order chi connectivity index (χ1) is 17.4. The maximum atomic E-state index is 13.0. The van der Waals surface area contributed by atoms with E-state index >= 15 is 0 Å². The van der Waals surface area contributed by atoms with E-state index in [1.165, 1.54) is 0 Å². The third kappa shape index (κ3) is 3.61. The number of phenolic OH excluding ortho intramolecular Hbond substituents is 1. The molecule has 0 atom stereocenters. The van der Waals surface area contributed by atoms with Crippen molar-refractivity contribution < 1.29 is 24.2 Å². The molecule has 2 N–H and O–H groups in total. The standard InChI is InChI=1S/C27H24ClN3O5/c1-30-19-14-22(36-11-8-31-6-9-35-10-7-31)21(32)13-17(19)23-20(30)12-16(15-4-2-3-5-18(15)28)24-25(23)27(34)29-26(24)33/h2-5,12-14,32H,6-11H2,1H3,(H,29,33,34). The predicted octanol–water partition coefficient (Wildman–Crippen LogP) is 3.95. The van der Waals surface area contributed by atoms with Crippen molar-refractivity contribution in [1.82, 2.24) is 14.8 Å². The van der Waals surface area contributed by atoms with Crippen molar-refractivity contribution in [2.75, 3.05) is 39.5 Å². The molecule has 3 aromatic carbocycles. The number of aromatic hydroxyl groups is 1. The molecular formula is C27H24ClN3O5. The van der Waals surface area contributed by atoms with Crippen LogP contribution in [0.1, 0.15) is 20.7 Å². The minimum Gasteiger partial charge on any atom is -0.504 e. The summed E-state index contributed by atoms with van der Waals surface area (Å²) < 4.78 is 13.3. The zero-order valence-electron chi connectivity index (χ0n) is 19.6. The number of imide groups is 1. The molecule has 8 nitrogen and oxygen atoms in total. The smallest absolute Gasteiger partial charge is 0.259 e. The summed E-state index contributed by atoms with van der Waals surface area (Å²) in [5, 5.41) is 15.0. The lowest BCUT2D eigenvalue weighted by molar-refractivity contribution is 0.0321. The Morgan fingerprint density at radius 3 is 2.56 bits per heavy atom. The van der Waals surface area contributed by atoms with Gasteiger partial charge in [-0.2, -0.15) is 0 Å². The second kappa shape index (κ2) is 8.81. The van der Waals surface area contributed by atoms with E-state index < -0.39 is 11.8 Å². The highest BCUT2D eigenvalue weighted by atomic mass is 35.5. The Morgan fingerprint density at radius 1 is 1.03 bits per heavy atom. The van der Waals surface area contributed by atoms with E-state index in [4.69, 9.17) is 21.1 Å². The van der Waals surface area contributed by atoms with Crippen LogP contribution in [0, 0.1) is 0 Å². The van der Waals surface area contributed by atoms with Gasteiger partial charge >= 0.3 is 0 Å². The van der Waals surface area contributed by atoms with E-state index in [-0.39, 0.29) is 5.75 Å². The number of aryl methyl sites for hydroxylation is 1. The number of hydrogen-bond donors (Lipinski definition) is 2. The molecule has 2 aliphatic rings. The van der Waals surface area contributed by atoms with Gasteiger partial charge in [-0.25, -0.2) is 0 Å². The molecular weight excluding hydrogens is 482 g/mol. The van der Waals surface area contributed by atoms with Gasteiger partial charge in [-0.3, -0.25) is 19.8 Å². The van der Waals surface area contributed by atoms with Gasteiger partial charge in [-0.05, 0) is 23.8 Å². The molecule has 0 unspecified atom stereocenters. The largest absolute Gasteiger partial charge is 0.504 e. The first-order valence-electron chi connectivity index (χ1n) is 11.8.